The zero-order chi connectivity index (χ0) is 14.1. The fourth-order valence-electron chi connectivity index (χ4n) is 1.17. The quantitative estimate of drug-likeness (QED) is 0.873. The fourth-order valence-corrected chi connectivity index (χ4v) is 1.17. The van der Waals surface area contributed by atoms with Gasteiger partial charge in [0, 0.05) is 6.20 Å². The number of hydrogen-bond acceptors (Lipinski definition) is 4. The van der Waals surface area contributed by atoms with Gasteiger partial charge in [0.05, 0.1) is 5.69 Å². The molecule has 0 aromatic carbocycles. The standard InChI is InChI=1S/C12H18N2O4/c1-11(2,3)18-10(17)14-6-8(13-7-14)12(4,5)9(15)16/h6-7H,1-5H3,(H,15,16). The maximum atomic E-state index is 11.7. The van der Waals surface area contributed by atoms with Crippen molar-refractivity contribution in [2.75, 3.05) is 0 Å². The molecule has 0 saturated carbocycles. The lowest BCUT2D eigenvalue weighted by molar-refractivity contribution is -0.142. The van der Waals surface area contributed by atoms with Gasteiger partial charge in [0.2, 0.25) is 0 Å². The van der Waals surface area contributed by atoms with E-state index in [-0.39, 0.29) is 0 Å². The van der Waals surface area contributed by atoms with Crippen LogP contribution >= 0.6 is 0 Å². The Morgan fingerprint density at radius 3 is 2.28 bits per heavy atom. The Labute approximate surface area is 106 Å². The number of carbonyl (C=O) groups excluding carboxylic acids is 1. The summed E-state index contributed by atoms with van der Waals surface area (Å²) in [7, 11) is 0. The topological polar surface area (TPSA) is 81.4 Å². The van der Waals surface area contributed by atoms with Gasteiger partial charge < -0.3 is 9.84 Å². The van der Waals surface area contributed by atoms with E-state index in [1.54, 1.807) is 20.8 Å². The van der Waals surface area contributed by atoms with E-state index in [1.165, 1.54) is 26.4 Å². The fraction of sp³-hybridized carbons (Fsp3) is 0.583. The molecule has 1 heterocycles. The minimum atomic E-state index is -1.15. The van der Waals surface area contributed by atoms with Gasteiger partial charge in [0.1, 0.15) is 17.3 Å². The van der Waals surface area contributed by atoms with Gasteiger partial charge in [-0.25, -0.2) is 14.3 Å². The van der Waals surface area contributed by atoms with E-state index in [0.717, 1.165) is 4.57 Å². The Hall–Kier alpha value is -1.85. The normalized spacial score (nSPS) is 12.3. The first-order valence-corrected chi connectivity index (χ1v) is 5.55. The summed E-state index contributed by atoms with van der Waals surface area (Å²) < 4.78 is 6.29. The Morgan fingerprint density at radius 1 is 1.28 bits per heavy atom. The number of carboxylic acid groups (broad SMARTS) is 1. The van der Waals surface area contributed by atoms with E-state index in [4.69, 9.17) is 9.84 Å². The number of carbonyl (C=O) groups is 2. The smallest absolute Gasteiger partial charge is 0.419 e. The predicted octanol–water partition coefficient (Wildman–Crippen LogP) is 2.03. The molecule has 0 amide bonds. The molecular formula is C12H18N2O4. The van der Waals surface area contributed by atoms with Gasteiger partial charge in [-0.15, -0.1) is 0 Å². The molecule has 18 heavy (non-hydrogen) atoms. The highest BCUT2D eigenvalue weighted by Gasteiger charge is 2.32. The summed E-state index contributed by atoms with van der Waals surface area (Å²) >= 11 is 0. The van der Waals surface area contributed by atoms with Crippen LogP contribution in [0.3, 0.4) is 0 Å². The molecule has 0 spiro atoms. The molecule has 0 radical (unpaired) electrons. The largest absolute Gasteiger partial charge is 0.481 e. The van der Waals surface area contributed by atoms with Gasteiger partial charge in [-0.1, -0.05) is 0 Å². The molecule has 100 valence electrons. The first-order chi connectivity index (χ1) is 8.04. The number of hydrogen-bond donors (Lipinski definition) is 1. The molecule has 0 saturated heterocycles. The first kappa shape index (κ1) is 14.2. The molecule has 6 nitrogen and oxygen atoms in total. The third-order valence-electron chi connectivity index (χ3n) is 2.36. The lowest BCUT2D eigenvalue weighted by Gasteiger charge is -2.19. The van der Waals surface area contributed by atoms with Crippen LogP contribution in [0.25, 0.3) is 0 Å². The van der Waals surface area contributed by atoms with Crippen molar-refractivity contribution < 1.29 is 19.4 Å². The molecule has 0 aliphatic rings. The summed E-state index contributed by atoms with van der Waals surface area (Å²) in [6, 6.07) is 0. The van der Waals surface area contributed by atoms with Crippen LogP contribution in [-0.4, -0.2) is 32.3 Å². The monoisotopic (exact) mass is 254 g/mol. The van der Waals surface area contributed by atoms with Crippen molar-refractivity contribution in [3.63, 3.8) is 0 Å². The second kappa shape index (κ2) is 4.44. The van der Waals surface area contributed by atoms with Gasteiger partial charge in [-0.2, -0.15) is 0 Å². The molecule has 0 atom stereocenters. The van der Waals surface area contributed by atoms with Crippen molar-refractivity contribution >= 4 is 12.1 Å². The van der Waals surface area contributed by atoms with E-state index in [0.29, 0.717) is 5.69 Å². The highest BCUT2D eigenvalue weighted by molar-refractivity contribution is 5.80. The summed E-state index contributed by atoms with van der Waals surface area (Å²) in [4.78, 5) is 26.7. The SMILES string of the molecule is CC(C)(C)OC(=O)n1cnc(C(C)(C)C(=O)O)c1. The summed E-state index contributed by atoms with van der Waals surface area (Å²) in [5, 5.41) is 9.06. The van der Waals surface area contributed by atoms with Crippen molar-refractivity contribution in [3.05, 3.63) is 18.2 Å². The minimum Gasteiger partial charge on any atom is -0.481 e. The number of aliphatic carboxylic acids is 1. The number of nitrogens with zero attached hydrogens (tertiary/aromatic N) is 2. The maximum absolute atomic E-state index is 11.7. The van der Waals surface area contributed by atoms with Crippen LogP contribution in [0.5, 0.6) is 0 Å². The van der Waals surface area contributed by atoms with Crippen molar-refractivity contribution in [1.82, 2.24) is 9.55 Å². The van der Waals surface area contributed by atoms with E-state index < -0.39 is 23.1 Å². The van der Waals surface area contributed by atoms with E-state index >= 15 is 0 Å². The molecule has 0 fully saturated rings. The van der Waals surface area contributed by atoms with Crippen LogP contribution in [0.1, 0.15) is 40.3 Å². The molecule has 0 aliphatic heterocycles. The Morgan fingerprint density at radius 2 is 1.83 bits per heavy atom. The van der Waals surface area contributed by atoms with Gasteiger partial charge in [0.25, 0.3) is 0 Å². The van der Waals surface area contributed by atoms with Crippen molar-refractivity contribution in [3.8, 4) is 0 Å². The van der Waals surface area contributed by atoms with Crippen LogP contribution < -0.4 is 0 Å². The average molecular weight is 254 g/mol. The average Bonchev–Trinajstić information content (AvgIpc) is 2.63. The third kappa shape index (κ3) is 3.09. The Bertz CT molecular complexity index is 469. The number of aromatic nitrogens is 2. The van der Waals surface area contributed by atoms with Crippen LogP contribution in [0, 0.1) is 0 Å². The molecule has 1 N–H and O–H groups in total. The second-order valence-corrected chi connectivity index (χ2v) is 5.58. The predicted molar refractivity (Wildman–Crippen MR) is 64.5 cm³/mol. The molecule has 6 heteroatoms. The van der Waals surface area contributed by atoms with Crippen molar-refractivity contribution in [2.24, 2.45) is 0 Å². The molecule has 0 aliphatic carbocycles. The van der Waals surface area contributed by atoms with Gasteiger partial charge in [-0.05, 0) is 34.6 Å². The third-order valence-corrected chi connectivity index (χ3v) is 2.36. The summed E-state index contributed by atoms with van der Waals surface area (Å²) in [6.07, 6.45) is 2.05. The zero-order valence-electron chi connectivity index (χ0n) is 11.2. The molecule has 1 aromatic heterocycles. The van der Waals surface area contributed by atoms with E-state index in [1.807, 2.05) is 0 Å². The second-order valence-electron chi connectivity index (χ2n) is 5.58. The molecule has 0 unspecified atom stereocenters. The highest BCUT2D eigenvalue weighted by atomic mass is 16.6. The van der Waals surface area contributed by atoms with Crippen molar-refractivity contribution in [2.45, 2.75) is 45.6 Å². The maximum Gasteiger partial charge on any atom is 0.419 e. The first-order valence-electron chi connectivity index (χ1n) is 5.55. The summed E-state index contributed by atoms with van der Waals surface area (Å²) in [6.45, 7) is 8.31. The van der Waals surface area contributed by atoms with Gasteiger partial charge in [0.15, 0.2) is 0 Å². The molecule has 1 rings (SSSR count). The Balaban J connectivity index is 2.94. The Kier molecular flexibility index (Phi) is 3.50. The number of ether oxygens (including phenoxy) is 1. The van der Waals surface area contributed by atoms with Gasteiger partial charge in [-0.3, -0.25) is 4.79 Å². The van der Waals surface area contributed by atoms with Crippen LogP contribution in [-0.2, 0) is 14.9 Å². The number of rotatable bonds is 2. The van der Waals surface area contributed by atoms with Crippen LogP contribution in [0.2, 0.25) is 0 Å². The lowest BCUT2D eigenvalue weighted by atomic mass is 9.90. The van der Waals surface area contributed by atoms with Crippen LogP contribution in [0.15, 0.2) is 12.5 Å². The van der Waals surface area contributed by atoms with E-state index in [2.05, 4.69) is 4.98 Å². The summed E-state index contributed by atoms with van der Waals surface area (Å²) in [5.41, 5.74) is -1.45. The van der Waals surface area contributed by atoms with Gasteiger partial charge >= 0.3 is 12.1 Å². The lowest BCUT2D eigenvalue weighted by Crippen LogP contribution is -2.29. The molecule has 1 aromatic rings. The zero-order valence-corrected chi connectivity index (χ0v) is 11.2. The molecule has 0 bridgehead atoms. The number of imidazole rings is 1. The summed E-state index contributed by atoms with van der Waals surface area (Å²) in [5.74, 6) is -1.00. The minimum absolute atomic E-state index is 0.306. The van der Waals surface area contributed by atoms with E-state index in [9.17, 15) is 9.59 Å². The number of carboxylic acids is 1. The molecular weight excluding hydrogens is 236 g/mol. The highest BCUT2D eigenvalue weighted by Crippen LogP contribution is 2.21. The van der Waals surface area contributed by atoms with Crippen LogP contribution in [0.4, 0.5) is 4.79 Å². The van der Waals surface area contributed by atoms with Crippen molar-refractivity contribution in [1.29, 1.82) is 0 Å².